The van der Waals surface area contributed by atoms with Gasteiger partial charge in [-0.2, -0.15) is 0 Å². The van der Waals surface area contributed by atoms with Crippen molar-refractivity contribution < 1.29 is 15.0 Å². The van der Waals surface area contributed by atoms with Crippen molar-refractivity contribution in [2.45, 2.75) is 328 Å². The first-order chi connectivity index (χ1) is 30.2. The summed E-state index contributed by atoms with van der Waals surface area (Å²) >= 11 is 0. The van der Waals surface area contributed by atoms with E-state index in [1.54, 1.807) is 0 Å². The Morgan fingerprint density at radius 2 is 0.672 bits per heavy atom. The zero-order valence-corrected chi connectivity index (χ0v) is 41.7. The standard InChI is InChI=1S/C57H111NO3/c1-3-5-7-9-11-13-15-17-19-21-23-25-27-28-29-30-31-33-35-37-39-41-43-45-47-49-51-53-57(61)58-55(54-59)56(60)52-50-48-46-44-42-40-38-36-34-32-26-24-22-20-18-16-14-12-10-8-6-4-2/h15,17,21,23,55-56,59-60H,3-14,16,18-20,22,24-54H2,1-2H3,(H,58,61)/b17-15-,23-21-. The van der Waals surface area contributed by atoms with E-state index in [-0.39, 0.29) is 12.5 Å². The van der Waals surface area contributed by atoms with E-state index in [0.29, 0.717) is 12.8 Å². The molecule has 0 aromatic rings. The minimum Gasteiger partial charge on any atom is -0.394 e. The number of aliphatic hydroxyl groups excluding tert-OH is 2. The Labute approximate surface area is 383 Å². The molecule has 0 fully saturated rings. The number of nitrogens with one attached hydrogen (secondary N) is 1. The SMILES string of the molecule is CCCCCCC/C=C\C/C=C\CCCCCCCCCCCCCCCCCC(=O)NC(CO)C(O)CCCCCCCCCCCCCCCCCCCCCCCC. The van der Waals surface area contributed by atoms with E-state index in [0.717, 1.165) is 32.1 Å². The molecule has 0 spiro atoms. The van der Waals surface area contributed by atoms with Crippen molar-refractivity contribution in [3.05, 3.63) is 24.3 Å². The van der Waals surface area contributed by atoms with Gasteiger partial charge >= 0.3 is 0 Å². The summed E-state index contributed by atoms with van der Waals surface area (Å²) in [7, 11) is 0. The van der Waals surface area contributed by atoms with Gasteiger partial charge in [-0.3, -0.25) is 4.79 Å². The molecule has 0 rings (SSSR count). The molecule has 0 saturated heterocycles. The molecular formula is C57H111NO3. The Morgan fingerprint density at radius 3 is 0.984 bits per heavy atom. The van der Waals surface area contributed by atoms with Crippen LogP contribution >= 0.6 is 0 Å². The third-order valence-corrected chi connectivity index (χ3v) is 13.2. The first-order valence-electron chi connectivity index (χ1n) is 28.0. The van der Waals surface area contributed by atoms with Gasteiger partial charge in [0.05, 0.1) is 18.8 Å². The molecule has 362 valence electrons. The molecule has 0 bridgehead atoms. The summed E-state index contributed by atoms with van der Waals surface area (Å²) in [6.45, 7) is 4.38. The molecule has 2 unspecified atom stereocenters. The Hall–Kier alpha value is -1.13. The predicted octanol–water partition coefficient (Wildman–Crippen LogP) is 18.3. The van der Waals surface area contributed by atoms with Gasteiger partial charge in [0.25, 0.3) is 0 Å². The number of aliphatic hydroxyl groups is 2. The molecule has 0 heterocycles. The minimum absolute atomic E-state index is 0.0261. The minimum atomic E-state index is -0.658. The zero-order chi connectivity index (χ0) is 44.2. The quantitative estimate of drug-likeness (QED) is 0.0422. The highest BCUT2D eigenvalue weighted by molar-refractivity contribution is 5.76. The van der Waals surface area contributed by atoms with E-state index < -0.39 is 12.1 Å². The Balaban J connectivity index is 3.44. The monoisotopic (exact) mass is 858 g/mol. The van der Waals surface area contributed by atoms with E-state index in [2.05, 4.69) is 43.5 Å². The highest BCUT2D eigenvalue weighted by Crippen LogP contribution is 2.18. The molecule has 0 aromatic carbocycles. The van der Waals surface area contributed by atoms with E-state index in [1.165, 1.54) is 257 Å². The molecule has 4 nitrogen and oxygen atoms in total. The molecule has 2 atom stereocenters. The van der Waals surface area contributed by atoms with Crippen LogP contribution in [0.1, 0.15) is 316 Å². The number of carbonyl (C=O) groups is 1. The van der Waals surface area contributed by atoms with Crippen molar-refractivity contribution in [1.29, 1.82) is 0 Å². The van der Waals surface area contributed by atoms with Crippen LogP contribution in [0, 0.1) is 0 Å². The first-order valence-corrected chi connectivity index (χ1v) is 28.0. The summed E-state index contributed by atoms with van der Waals surface area (Å²) in [5, 5.41) is 23.3. The fourth-order valence-corrected chi connectivity index (χ4v) is 8.92. The number of unbranched alkanes of at least 4 members (excludes halogenated alkanes) is 41. The molecule has 0 saturated carbocycles. The molecule has 3 N–H and O–H groups in total. The summed E-state index contributed by atoms with van der Waals surface area (Å²) < 4.78 is 0. The predicted molar refractivity (Wildman–Crippen MR) is 272 cm³/mol. The largest absolute Gasteiger partial charge is 0.394 e. The maximum absolute atomic E-state index is 12.5. The number of carbonyl (C=O) groups excluding carboxylic acids is 1. The summed E-state index contributed by atoms with van der Waals surface area (Å²) in [4.78, 5) is 12.5. The average molecular weight is 859 g/mol. The van der Waals surface area contributed by atoms with Crippen LogP contribution in [0.15, 0.2) is 24.3 Å². The van der Waals surface area contributed by atoms with Gasteiger partial charge in [-0.05, 0) is 44.9 Å². The van der Waals surface area contributed by atoms with Crippen LogP contribution in [0.5, 0.6) is 0 Å². The van der Waals surface area contributed by atoms with Gasteiger partial charge in [-0.15, -0.1) is 0 Å². The summed E-state index contributed by atoms with van der Waals surface area (Å²) in [5.74, 6) is -0.0261. The third-order valence-electron chi connectivity index (χ3n) is 13.2. The summed E-state index contributed by atoms with van der Waals surface area (Å²) in [5.41, 5.74) is 0. The lowest BCUT2D eigenvalue weighted by Crippen LogP contribution is -2.45. The van der Waals surface area contributed by atoms with Crippen molar-refractivity contribution in [3.63, 3.8) is 0 Å². The van der Waals surface area contributed by atoms with Crippen LogP contribution in [0.25, 0.3) is 0 Å². The van der Waals surface area contributed by atoms with Crippen molar-refractivity contribution >= 4 is 5.91 Å². The average Bonchev–Trinajstić information content (AvgIpc) is 3.26. The summed E-state index contributed by atoms with van der Waals surface area (Å²) in [6.07, 6.45) is 70.2. The molecule has 0 aliphatic rings. The fraction of sp³-hybridized carbons (Fsp3) is 0.912. The van der Waals surface area contributed by atoms with Gasteiger partial charge in [-0.1, -0.05) is 289 Å². The zero-order valence-electron chi connectivity index (χ0n) is 41.7. The number of allylic oxidation sites excluding steroid dienone is 4. The van der Waals surface area contributed by atoms with E-state index in [1.807, 2.05) is 0 Å². The van der Waals surface area contributed by atoms with Crippen molar-refractivity contribution in [2.24, 2.45) is 0 Å². The second-order valence-corrected chi connectivity index (χ2v) is 19.4. The van der Waals surface area contributed by atoms with Gasteiger partial charge in [0.1, 0.15) is 0 Å². The molecular weight excluding hydrogens is 747 g/mol. The second-order valence-electron chi connectivity index (χ2n) is 19.4. The van der Waals surface area contributed by atoms with Crippen LogP contribution in [0.2, 0.25) is 0 Å². The molecule has 0 aliphatic carbocycles. The lowest BCUT2D eigenvalue weighted by atomic mass is 10.0. The second kappa shape index (κ2) is 53.2. The van der Waals surface area contributed by atoms with E-state index >= 15 is 0 Å². The van der Waals surface area contributed by atoms with Gasteiger partial charge in [0, 0.05) is 6.42 Å². The van der Waals surface area contributed by atoms with Crippen molar-refractivity contribution in [3.8, 4) is 0 Å². The number of rotatable bonds is 52. The summed E-state index contributed by atoms with van der Waals surface area (Å²) in [6, 6.07) is -0.535. The molecule has 61 heavy (non-hydrogen) atoms. The Bertz CT molecular complexity index is 886. The highest BCUT2D eigenvalue weighted by atomic mass is 16.3. The van der Waals surface area contributed by atoms with Crippen LogP contribution in [0.4, 0.5) is 0 Å². The normalized spacial score (nSPS) is 12.9. The number of hydrogen-bond acceptors (Lipinski definition) is 3. The van der Waals surface area contributed by atoms with Crippen LogP contribution in [-0.4, -0.2) is 34.9 Å². The van der Waals surface area contributed by atoms with Crippen molar-refractivity contribution in [1.82, 2.24) is 5.32 Å². The molecule has 1 amide bonds. The lowest BCUT2D eigenvalue weighted by Gasteiger charge is -2.22. The fourth-order valence-electron chi connectivity index (χ4n) is 8.92. The first kappa shape index (κ1) is 59.9. The van der Waals surface area contributed by atoms with Gasteiger partial charge < -0.3 is 15.5 Å². The van der Waals surface area contributed by atoms with E-state index in [9.17, 15) is 15.0 Å². The number of hydrogen-bond donors (Lipinski definition) is 3. The van der Waals surface area contributed by atoms with Crippen LogP contribution < -0.4 is 5.32 Å². The van der Waals surface area contributed by atoms with Crippen LogP contribution in [-0.2, 0) is 4.79 Å². The Kier molecular flexibility index (Phi) is 52.2. The highest BCUT2D eigenvalue weighted by Gasteiger charge is 2.20. The topological polar surface area (TPSA) is 69.6 Å². The molecule has 0 radical (unpaired) electrons. The number of amides is 1. The van der Waals surface area contributed by atoms with Crippen molar-refractivity contribution in [2.75, 3.05) is 6.61 Å². The molecule has 0 aliphatic heterocycles. The third kappa shape index (κ3) is 49.7. The van der Waals surface area contributed by atoms with Gasteiger partial charge in [0.15, 0.2) is 0 Å². The Morgan fingerprint density at radius 1 is 0.393 bits per heavy atom. The smallest absolute Gasteiger partial charge is 0.220 e. The van der Waals surface area contributed by atoms with Gasteiger partial charge in [0.2, 0.25) is 5.91 Å². The molecule has 0 aromatic heterocycles. The molecule has 4 heteroatoms. The van der Waals surface area contributed by atoms with E-state index in [4.69, 9.17) is 0 Å². The van der Waals surface area contributed by atoms with Gasteiger partial charge in [-0.25, -0.2) is 0 Å². The van der Waals surface area contributed by atoms with Crippen LogP contribution in [0.3, 0.4) is 0 Å². The maximum Gasteiger partial charge on any atom is 0.220 e. The maximum atomic E-state index is 12.5. The lowest BCUT2D eigenvalue weighted by molar-refractivity contribution is -0.123.